The van der Waals surface area contributed by atoms with Crippen LogP contribution in [0.15, 0.2) is 0 Å². The zero-order chi connectivity index (χ0) is 13.2. The molecule has 104 valence electrons. The monoisotopic (exact) mass is 282 g/mol. The van der Waals surface area contributed by atoms with Crippen molar-refractivity contribution in [3.63, 3.8) is 0 Å². The Bertz CT molecular complexity index is 456. The highest BCUT2D eigenvalue weighted by molar-refractivity contribution is 6.28. The number of nitrogens with zero attached hydrogens (tertiary/aromatic N) is 3. The molecule has 6 heteroatoms. The Morgan fingerprint density at radius 1 is 1.26 bits per heavy atom. The number of rotatable bonds is 5. The van der Waals surface area contributed by atoms with E-state index in [1.165, 1.54) is 25.7 Å². The van der Waals surface area contributed by atoms with Gasteiger partial charge in [0.2, 0.25) is 11.2 Å². The van der Waals surface area contributed by atoms with Crippen molar-refractivity contribution in [2.45, 2.75) is 32.6 Å². The van der Waals surface area contributed by atoms with E-state index in [2.05, 4.69) is 20.3 Å². The van der Waals surface area contributed by atoms with Crippen LogP contribution in [0.3, 0.4) is 0 Å². The highest BCUT2D eigenvalue weighted by atomic mass is 35.5. The fourth-order valence-corrected chi connectivity index (χ4v) is 3.61. The number of fused-ring (bicyclic) bond motifs is 2. The smallest absolute Gasteiger partial charge is 0.322 e. The third kappa shape index (κ3) is 2.91. The third-order valence-corrected chi connectivity index (χ3v) is 4.44. The lowest BCUT2D eigenvalue weighted by molar-refractivity contribution is 0.311. The minimum absolute atomic E-state index is 0.175. The highest BCUT2D eigenvalue weighted by Gasteiger charge is 2.39. The first-order chi connectivity index (χ1) is 9.24. The van der Waals surface area contributed by atoms with Gasteiger partial charge in [-0.1, -0.05) is 6.42 Å². The molecular weight excluding hydrogens is 264 g/mol. The number of ether oxygens (including phenoxy) is 1. The Morgan fingerprint density at radius 2 is 2.16 bits per heavy atom. The van der Waals surface area contributed by atoms with Crippen LogP contribution in [-0.2, 0) is 0 Å². The van der Waals surface area contributed by atoms with Crippen molar-refractivity contribution in [1.29, 1.82) is 0 Å². The first kappa shape index (κ1) is 12.9. The zero-order valence-electron chi connectivity index (χ0n) is 11.1. The van der Waals surface area contributed by atoms with Gasteiger partial charge in [0.15, 0.2) is 0 Å². The Hall–Kier alpha value is -1.10. The van der Waals surface area contributed by atoms with Crippen LogP contribution in [0.1, 0.15) is 32.6 Å². The Morgan fingerprint density at radius 3 is 2.84 bits per heavy atom. The van der Waals surface area contributed by atoms with Gasteiger partial charge in [-0.2, -0.15) is 15.0 Å². The van der Waals surface area contributed by atoms with Gasteiger partial charge < -0.3 is 10.1 Å². The summed E-state index contributed by atoms with van der Waals surface area (Å²) in [7, 11) is 0. The summed E-state index contributed by atoms with van der Waals surface area (Å²) in [4.78, 5) is 12.2. The SMILES string of the molecule is CCOc1nc(Cl)nc(NCC2CC3CCC2C3)n1. The quantitative estimate of drug-likeness (QED) is 0.900. The zero-order valence-corrected chi connectivity index (χ0v) is 11.9. The molecule has 3 unspecified atom stereocenters. The van der Waals surface area contributed by atoms with Crippen LogP contribution in [0.25, 0.3) is 0 Å². The Balaban J connectivity index is 1.60. The van der Waals surface area contributed by atoms with Crippen molar-refractivity contribution in [3.8, 4) is 6.01 Å². The summed E-state index contributed by atoms with van der Waals surface area (Å²) in [6.07, 6.45) is 5.57. The van der Waals surface area contributed by atoms with E-state index in [1.54, 1.807) is 0 Å². The maximum atomic E-state index is 5.86. The molecule has 0 aliphatic heterocycles. The van der Waals surface area contributed by atoms with Crippen molar-refractivity contribution < 1.29 is 4.74 Å². The minimum atomic E-state index is 0.175. The number of aromatic nitrogens is 3. The lowest BCUT2D eigenvalue weighted by Gasteiger charge is -2.21. The topological polar surface area (TPSA) is 59.9 Å². The average molecular weight is 283 g/mol. The average Bonchev–Trinajstić information content (AvgIpc) is 2.98. The fourth-order valence-electron chi connectivity index (χ4n) is 3.45. The first-order valence-corrected chi connectivity index (χ1v) is 7.40. The summed E-state index contributed by atoms with van der Waals surface area (Å²) in [5.41, 5.74) is 0. The molecule has 1 heterocycles. The van der Waals surface area contributed by atoms with Crippen LogP contribution in [0.5, 0.6) is 6.01 Å². The lowest BCUT2D eigenvalue weighted by Crippen LogP contribution is -2.21. The van der Waals surface area contributed by atoms with Gasteiger partial charge in [-0.3, -0.25) is 0 Å². The first-order valence-electron chi connectivity index (χ1n) is 7.03. The molecule has 2 saturated carbocycles. The Labute approximate surface area is 118 Å². The van der Waals surface area contributed by atoms with Gasteiger partial charge in [0.05, 0.1) is 6.61 Å². The maximum absolute atomic E-state index is 5.86. The van der Waals surface area contributed by atoms with E-state index in [0.29, 0.717) is 12.6 Å². The normalized spacial score (nSPS) is 28.6. The summed E-state index contributed by atoms with van der Waals surface area (Å²) in [6, 6.07) is 0.290. The van der Waals surface area contributed by atoms with E-state index in [4.69, 9.17) is 16.3 Å². The fraction of sp³-hybridized carbons (Fsp3) is 0.769. The number of anilines is 1. The van der Waals surface area contributed by atoms with Gasteiger partial charge in [0.1, 0.15) is 0 Å². The molecule has 2 fully saturated rings. The molecule has 5 nitrogen and oxygen atoms in total. The standard InChI is InChI=1S/C13H19ClN4O/c1-2-19-13-17-11(14)16-12(18-13)15-7-10-6-8-3-4-9(10)5-8/h8-10H,2-7H2,1H3,(H,15,16,17,18). The van der Waals surface area contributed by atoms with Crippen molar-refractivity contribution in [2.75, 3.05) is 18.5 Å². The van der Waals surface area contributed by atoms with Gasteiger partial charge in [-0.05, 0) is 55.5 Å². The second-order valence-corrected chi connectivity index (χ2v) is 5.80. The molecule has 3 atom stereocenters. The summed E-state index contributed by atoms with van der Waals surface area (Å²) in [6.45, 7) is 3.33. The van der Waals surface area contributed by atoms with Crippen molar-refractivity contribution in [1.82, 2.24) is 15.0 Å². The van der Waals surface area contributed by atoms with E-state index >= 15 is 0 Å². The van der Waals surface area contributed by atoms with Gasteiger partial charge in [-0.25, -0.2) is 0 Å². The van der Waals surface area contributed by atoms with Crippen LogP contribution in [0.2, 0.25) is 5.28 Å². The van der Waals surface area contributed by atoms with Gasteiger partial charge >= 0.3 is 6.01 Å². The molecule has 19 heavy (non-hydrogen) atoms. The van der Waals surface area contributed by atoms with Crippen molar-refractivity contribution in [2.24, 2.45) is 17.8 Å². The molecule has 2 aliphatic rings. The van der Waals surface area contributed by atoms with E-state index in [1.807, 2.05) is 6.92 Å². The van der Waals surface area contributed by atoms with E-state index < -0.39 is 0 Å². The maximum Gasteiger partial charge on any atom is 0.322 e. The number of halogens is 1. The largest absolute Gasteiger partial charge is 0.464 e. The van der Waals surface area contributed by atoms with E-state index in [-0.39, 0.29) is 11.3 Å². The van der Waals surface area contributed by atoms with Crippen molar-refractivity contribution in [3.05, 3.63) is 5.28 Å². The molecule has 0 radical (unpaired) electrons. The van der Waals surface area contributed by atoms with Crippen LogP contribution < -0.4 is 10.1 Å². The van der Waals surface area contributed by atoms with Gasteiger partial charge in [0, 0.05) is 6.54 Å². The predicted octanol–water partition coefficient (Wildman–Crippen LogP) is 2.77. The molecule has 1 aromatic heterocycles. The molecular formula is C13H19ClN4O. The molecule has 0 spiro atoms. The highest BCUT2D eigenvalue weighted by Crippen LogP contribution is 2.48. The van der Waals surface area contributed by atoms with Crippen LogP contribution in [0, 0.1) is 17.8 Å². The summed E-state index contributed by atoms with van der Waals surface area (Å²) in [5, 5.41) is 3.46. The van der Waals surface area contributed by atoms with Crippen LogP contribution in [0.4, 0.5) is 5.95 Å². The second kappa shape index (κ2) is 5.49. The number of hydrogen-bond donors (Lipinski definition) is 1. The molecule has 3 rings (SSSR count). The van der Waals surface area contributed by atoms with E-state index in [0.717, 1.165) is 24.3 Å². The molecule has 2 aliphatic carbocycles. The molecule has 0 amide bonds. The third-order valence-electron chi connectivity index (χ3n) is 4.27. The molecule has 1 aromatic rings. The van der Waals surface area contributed by atoms with Crippen molar-refractivity contribution >= 4 is 17.5 Å². The summed E-state index contributed by atoms with van der Waals surface area (Å²) >= 11 is 5.86. The van der Waals surface area contributed by atoms with Gasteiger partial charge in [-0.15, -0.1) is 0 Å². The molecule has 2 bridgehead atoms. The second-order valence-electron chi connectivity index (χ2n) is 5.46. The van der Waals surface area contributed by atoms with Crippen LogP contribution >= 0.6 is 11.6 Å². The minimum Gasteiger partial charge on any atom is -0.464 e. The molecule has 0 saturated heterocycles. The molecule has 0 aromatic carbocycles. The van der Waals surface area contributed by atoms with Crippen LogP contribution in [-0.4, -0.2) is 28.1 Å². The van der Waals surface area contributed by atoms with E-state index in [9.17, 15) is 0 Å². The summed E-state index contributed by atoms with van der Waals surface area (Å²) in [5.74, 6) is 3.12. The number of nitrogens with one attached hydrogen (secondary N) is 1. The number of hydrogen-bond acceptors (Lipinski definition) is 5. The summed E-state index contributed by atoms with van der Waals surface area (Å²) < 4.78 is 5.26. The Kier molecular flexibility index (Phi) is 3.73. The molecule has 1 N–H and O–H groups in total. The predicted molar refractivity (Wildman–Crippen MR) is 73.4 cm³/mol. The lowest BCUT2D eigenvalue weighted by atomic mass is 9.89. The van der Waals surface area contributed by atoms with Gasteiger partial charge in [0.25, 0.3) is 0 Å².